The summed E-state index contributed by atoms with van der Waals surface area (Å²) in [6.45, 7) is 0.237. The quantitative estimate of drug-likeness (QED) is 0.633. The molecule has 4 nitrogen and oxygen atoms in total. The predicted octanol–water partition coefficient (Wildman–Crippen LogP) is 2.03. The molecule has 0 amide bonds. The number of hydrogen-bond acceptors (Lipinski definition) is 4. The third-order valence-corrected chi connectivity index (χ3v) is 2.19. The first-order chi connectivity index (χ1) is 6.88. The van der Waals surface area contributed by atoms with Gasteiger partial charge in [-0.1, -0.05) is 0 Å². The Balaban J connectivity index is 2.37. The molecule has 0 saturated heterocycles. The van der Waals surface area contributed by atoms with Gasteiger partial charge in [-0.05, 0) is 12.1 Å². The van der Waals surface area contributed by atoms with Gasteiger partial charge in [0, 0.05) is 10.8 Å². The fourth-order valence-electron chi connectivity index (χ4n) is 1.52. The Labute approximate surface area is 79.3 Å². The Morgan fingerprint density at radius 1 is 1.21 bits per heavy atom. The van der Waals surface area contributed by atoms with Gasteiger partial charge in [-0.25, -0.2) is 0 Å². The first-order valence-corrected chi connectivity index (χ1v) is 4.09. The van der Waals surface area contributed by atoms with Crippen molar-refractivity contribution in [2.75, 3.05) is 6.79 Å². The average molecular weight is 187 g/mol. The Kier molecular flexibility index (Phi) is 1.26. The normalized spacial score (nSPS) is 13.1. The second-order valence-corrected chi connectivity index (χ2v) is 2.97. The van der Waals surface area contributed by atoms with Crippen LogP contribution in [0.25, 0.3) is 10.8 Å². The monoisotopic (exact) mass is 187 g/mol. The number of hydrogen-bond donors (Lipinski definition) is 0. The molecule has 0 radical (unpaired) electrons. The lowest BCUT2D eigenvalue weighted by Crippen LogP contribution is -1.92. The number of benzene rings is 1. The lowest BCUT2D eigenvalue weighted by molar-refractivity contribution is 0.174. The van der Waals surface area contributed by atoms with Crippen molar-refractivity contribution in [3.63, 3.8) is 0 Å². The maximum atomic E-state index is 8.76. The molecule has 0 fully saturated rings. The van der Waals surface area contributed by atoms with Gasteiger partial charge in [0.25, 0.3) is 0 Å². The number of rotatable bonds is 0. The summed E-state index contributed by atoms with van der Waals surface area (Å²) >= 11 is 0. The third-order valence-electron chi connectivity index (χ3n) is 2.19. The summed E-state index contributed by atoms with van der Waals surface area (Å²) in [4.78, 5) is 0. The van der Waals surface area contributed by atoms with Crippen LogP contribution in [0, 0.1) is 11.3 Å². The summed E-state index contributed by atoms with van der Waals surface area (Å²) in [5.74, 6) is 1.66. The van der Waals surface area contributed by atoms with Crippen molar-refractivity contribution in [1.29, 1.82) is 5.26 Å². The lowest BCUT2D eigenvalue weighted by atomic mass is 10.1. The fraction of sp³-hybridized carbons (Fsp3) is 0.100. The minimum absolute atomic E-state index is 0.237. The molecule has 1 aliphatic heterocycles. The highest BCUT2D eigenvalue weighted by atomic mass is 16.7. The molecular weight excluding hydrogens is 182 g/mol. The summed E-state index contributed by atoms with van der Waals surface area (Å²) in [6, 6.07) is 5.55. The van der Waals surface area contributed by atoms with Gasteiger partial charge in [-0.15, -0.1) is 0 Å². The first-order valence-electron chi connectivity index (χ1n) is 4.09. The van der Waals surface area contributed by atoms with Gasteiger partial charge in [0.05, 0.1) is 0 Å². The van der Waals surface area contributed by atoms with Crippen LogP contribution in [0.5, 0.6) is 11.5 Å². The largest absolute Gasteiger partial charge is 0.454 e. The van der Waals surface area contributed by atoms with Crippen LogP contribution in [-0.4, -0.2) is 6.79 Å². The van der Waals surface area contributed by atoms with E-state index >= 15 is 0 Å². The van der Waals surface area contributed by atoms with E-state index in [0.29, 0.717) is 17.3 Å². The highest BCUT2D eigenvalue weighted by Crippen LogP contribution is 2.37. The van der Waals surface area contributed by atoms with E-state index in [0.717, 1.165) is 10.8 Å². The number of ether oxygens (including phenoxy) is 2. The lowest BCUT2D eigenvalue weighted by Gasteiger charge is -1.94. The van der Waals surface area contributed by atoms with Crippen LogP contribution < -0.4 is 9.47 Å². The predicted molar refractivity (Wildman–Crippen MR) is 47.1 cm³/mol. The molecule has 1 aromatic heterocycles. The van der Waals surface area contributed by atoms with Gasteiger partial charge in [0.1, 0.15) is 12.3 Å². The summed E-state index contributed by atoms with van der Waals surface area (Å²) < 4.78 is 15.5. The van der Waals surface area contributed by atoms with Crippen LogP contribution in [0.1, 0.15) is 5.76 Å². The molecule has 0 atom stereocenters. The van der Waals surface area contributed by atoms with Crippen LogP contribution in [-0.2, 0) is 0 Å². The topological polar surface area (TPSA) is 55.4 Å². The number of nitriles is 1. The standard InChI is InChI=1S/C10H5NO3/c11-3-10-7-2-9-8(13-5-14-9)1-6(7)4-12-10/h1-2,4H,5H2. The molecule has 2 heterocycles. The molecule has 0 N–H and O–H groups in total. The molecule has 0 aliphatic carbocycles. The second-order valence-electron chi connectivity index (χ2n) is 2.97. The zero-order chi connectivity index (χ0) is 9.54. The van der Waals surface area contributed by atoms with Crippen LogP contribution in [0.15, 0.2) is 22.8 Å². The molecule has 3 rings (SSSR count). The van der Waals surface area contributed by atoms with Crippen LogP contribution in [0.3, 0.4) is 0 Å². The summed E-state index contributed by atoms with van der Waals surface area (Å²) in [6.07, 6.45) is 1.54. The zero-order valence-electron chi connectivity index (χ0n) is 7.11. The molecule has 0 spiro atoms. The molecule has 68 valence electrons. The van der Waals surface area contributed by atoms with Crippen LogP contribution in [0.4, 0.5) is 0 Å². The van der Waals surface area contributed by atoms with E-state index in [9.17, 15) is 0 Å². The number of nitrogens with zero attached hydrogens (tertiary/aromatic N) is 1. The molecule has 0 saturated carbocycles. The van der Waals surface area contributed by atoms with Gasteiger partial charge in [-0.2, -0.15) is 5.26 Å². The van der Waals surface area contributed by atoms with Gasteiger partial charge < -0.3 is 13.9 Å². The van der Waals surface area contributed by atoms with E-state index in [1.807, 2.05) is 12.1 Å². The molecule has 14 heavy (non-hydrogen) atoms. The second kappa shape index (κ2) is 2.42. The molecule has 2 aromatic rings. The molecular formula is C10H5NO3. The minimum atomic E-state index is 0.237. The molecule has 0 bridgehead atoms. The van der Waals surface area contributed by atoms with Crippen molar-refractivity contribution in [2.24, 2.45) is 0 Å². The van der Waals surface area contributed by atoms with E-state index in [-0.39, 0.29) is 6.79 Å². The Bertz CT molecular complexity index is 550. The SMILES string of the molecule is N#Cc1occ2cc3c(cc12)OCO3. The highest BCUT2D eigenvalue weighted by molar-refractivity contribution is 5.89. The smallest absolute Gasteiger partial charge is 0.231 e. The highest BCUT2D eigenvalue weighted by Gasteiger charge is 2.16. The van der Waals surface area contributed by atoms with Gasteiger partial charge in [0.2, 0.25) is 12.6 Å². The molecule has 1 aromatic carbocycles. The van der Waals surface area contributed by atoms with Gasteiger partial charge in [-0.3, -0.25) is 0 Å². The van der Waals surface area contributed by atoms with E-state index in [1.165, 1.54) is 6.26 Å². The van der Waals surface area contributed by atoms with Crippen molar-refractivity contribution in [3.05, 3.63) is 24.2 Å². The van der Waals surface area contributed by atoms with Crippen LogP contribution >= 0.6 is 0 Å². The van der Waals surface area contributed by atoms with E-state index in [2.05, 4.69) is 0 Å². The van der Waals surface area contributed by atoms with Gasteiger partial charge >= 0.3 is 0 Å². The molecule has 1 aliphatic rings. The van der Waals surface area contributed by atoms with E-state index in [1.54, 1.807) is 6.07 Å². The Morgan fingerprint density at radius 3 is 2.79 bits per heavy atom. The Hall–Kier alpha value is -2.15. The van der Waals surface area contributed by atoms with Crippen molar-refractivity contribution >= 4 is 10.8 Å². The number of fused-ring (bicyclic) bond motifs is 2. The first kappa shape index (κ1) is 7.27. The van der Waals surface area contributed by atoms with Crippen molar-refractivity contribution < 1.29 is 13.9 Å². The summed E-state index contributed by atoms with van der Waals surface area (Å²) in [5.41, 5.74) is 0. The summed E-state index contributed by atoms with van der Waals surface area (Å²) in [7, 11) is 0. The fourth-order valence-corrected chi connectivity index (χ4v) is 1.52. The van der Waals surface area contributed by atoms with E-state index in [4.69, 9.17) is 19.2 Å². The van der Waals surface area contributed by atoms with Crippen molar-refractivity contribution in [3.8, 4) is 17.6 Å². The third kappa shape index (κ3) is 0.811. The van der Waals surface area contributed by atoms with Crippen molar-refractivity contribution in [1.82, 2.24) is 0 Å². The molecule has 0 unspecified atom stereocenters. The number of furan rings is 1. The van der Waals surface area contributed by atoms with Crippen LogP contribution in [0.2, 0.25) is 0 Å². The molecule has 4 heteroatoms. The summed E-state index contributed by atoms with van der Waals surface area (Å²) in [5, 5.41) is 10.4. The van der Waals surface area contributed by atoms with Gasteiger partial charge in [0.15, 0.2) is 11.5 Å². The Morgan fingerprint density at radius 2 is 2.00 bits per heavy atom. The minimum Gasteiger partial charge on any atom is -0.454 e. The average Bonchev–Trinajstić information content (AvgIpc) is 2.78. The maximum absolute atomic E-state index is 8.76. The van der Waals surface area contributed by atoms with E-state index < -0.39 is 0 Å². The van der Waals surface area contributed by atoms with Crippen molar-refractivity contribution in [2.45, 2.75) is 0 Å². The maximum Gasteiger partial charge on any atom is 0.231 e. The zero-order valence-corrected chi connectivity index (χ0v) is 7.11.